The minimum absolute atomic E-state index is 0.00444. The van der Waals surface area contributed by atoms with Crippen LogP contribution in [-0.2, 0) is 21.2 Å². The number of rotatable bonds is 3. The molecule has 2 aromatic carbocycles. The first-order valence-corrected chi connectivity index (χ1v) is 11.5. The van der Waals surface area contributed by atoms with Gasteiger partial charge in [-0.25, -0.2) is 8.42 Å². The van der Waals surface area contributed by atoms with Gasteiger partial charge in [-0.1, -0.05) is 24.3 Å². The molecule has 1 saturated heterocycles. The molecule has 0 radical (unpaired) electrons. The van der Waals surface area contributed by atoms with E-state index in [9.17, 15) is 18.0 Å². The Kier molecular flexibility index (Phi) is 5.27. The summed E-state index contributed by atoms with van der Waals surface area (Å²) in [6.07, 6.45) is 0.661. The lowest BCUT2D eigenvalue weighted by Gasteiger charge is -2.34. The maximum Gasteiger partial charge on any atom is 0.264 e. The van der Waals surface area contributed by atoms with Crippen molar-refractivity contribution in [3.05, 3.63) is 59.7 Å². The van der Waals surface area contributed by atoms with Gasteiger partial charge in [-0.05, 0) is 43.2 Å². The molecule has 2 heterocycles. The molecule has 2 aliphatic heterocycles. The summed E-state index contributed by atoms with van der Waals surface area (Å²) in [5.74, 6) is -0.222. The Morgan fingerprint density at radius 1 is 0.933 bits per heavy atom. The van der Waals surface area contributed by atoms with Gasteiger partial charge in [0.05, 0.1) is 10.6 Å². The molecule has 0 saturated carbocycles. The summed E-state index contributed by atoms with van der Waals surface area (Å²) >= 11 is 0. The Hall–Kier alpha value is -2.87. The molecular formula is C22H25N3O4S. The molecule has 0 spiro atoms. The number of anilines is 1. The fourth-order valence-corrected chi connectivity index (χ4v) is 5.95. The third-order valence-corrected chi connectivity index (χ3v) is 7.72. The summed E-state index contributed by atoms with van der Waals surface area (Å²) in [7, 11) is -3.80. The number of fused-ring (bicyclic) bond motifs is 1. The number of piperazine rings is 1. The van der Waals surface area contributed by atoms with Gasteiger partial charge in [0.2, 0.25) is 5.91 Å². The van der Waals surface area contributed by atoms with Crippen molar-refractivity contribution in [3.8, 4) is 0 Å². The highest BCUT2D eigenvalue weighted by molar-refractivity contribution is 7.92. The minimum atomic E-state index is -3.80. The van der Waals surface area contributed by atoms with E-state index in [0.717, 1.165) is 5.56 Å². The molecular weight excluding hydrogens is 402 g/mol. The summed E-state index contributed by atoms with van der Waals surface area (Å²) in [5.41, 5.74) is 2.04. The van der Waals surface area contributed by atoms with E-state index in [1.807, 2.05) is 31.2 Å². The van der Waals surface area contributed by atoms with Crippen molar-refractivity contribution in [1.82, 2.24) is 9.80 Å². The summed E-state index contributed by atoms with van der Waals surface area (Å²) in [4.78, 5) is 27.9. The number of para-hydroxylation sites is 1. The second-order valence-electron chi connectivity index (χ2n) is 7.81. The van der Waals surface area contributed by atoms with E-state index in [1.165, 1.54) is 23.4 Å². The molecule has 0 aliphatic carbocycles. The van der Waals surface area contributed by atoms with Crippen LogP contribution in [0.15, 0.2) is 53.4 Å². The lowest BCUT2D eigenvalue weighted by atomic mass is 10.1. The molecule has 0 bridgehead atoms. The third kappa shape index (κ3) is 3.56. The fraction of sp³-hybridized carbons (Fsp3) is 0.364. The van der Waals surface area contributed by atoms with Crippen LogP contribution in [0, 0.1) is 0 Å². The van der Waals surface area contributed by atoms with Crippen molar-refractivity contribution in [2.75, 3.05) is 30.5 Å². The Morgan fingerprint density at radius 3 is 2.30 bits per heavy atom. The maximum absolute atomic E-state index is 13.4. The topological polar surface area (TPSA) is 78.0 Å². The van der Waals surface area contributed by atoms with Crippen molar-refractivity contribution >= 4 is 27.5 Å². The van der Waals surface area contributed by atoms with Gasteiger partial charge in [0.15, 0.2) is 0 Å². The quantitative estimate of drug-likeness (QED) is 0.752. The monoisotopic (exact) mass is 427 g/mol. The Bertz CT molecular complexity index is 1090. The second-order valence-corrected chi connectivity index (χ2v) is 9.62. The summed E-state index contributed by atoms with van der Waals surface area (Å²) < 4.78 is 28.3. The molecule has 30 heavy (non-hydrogen) atoms. The minimum Gasteiger partial charge on any atom is -0.339 e. The molecule has 1 atom stereocenters. The number of hydrogen-bond donors (Lipinski definition) is 0. The van der Waals surface area contributed by atoms with E-state index in [-0.39, 0.29) is 22.8 Å². The average molecular weight is 428 g/mol. The Balaban J connectivity index is 1.59. The Morgan fingerprint density at radius 2 is 1.60 bits per heavy atom. The van der Waals surface area contributed by atoms with Gasteiger partial charge in [-0.15, -0.1) is 0 Å². The van der Waals surface area contributed by atoms with E-state index in [4.69, 9.17) is 0 Å². The van der Waals surface area contributed by atoms with Crippen LogP contribution >= 0.6 is 0 Å². The molecule has 1 unspecified atom stereocenters. The zero-order valence-electron chi connectivity index (χ0n) is 17.1. The predicted molar refractivity (Wildman–Crippen MR) is 114 cm³/mol. The van der Waals surface area contributed by atoms with Gasteiger partial charge in [0.1, 0.15) is 0 Å². The first-order chi connectivity index (χ1) is 14.3. The zero-order chi connectivity index (χ0) is 21.5. The number of nitrogens with zero attached hydrogens (tertiary/aromatic N) is 3. The van der Waals surface area contributed by atoms with Gasteiger partial charge in [-0.3, -0.25) is 13.9 Å². The van der Waals surface area contributed by atoms with Gasteiger partial charge in [0.25, 0.3) is 15.9 Å². The molecule has 0 aromatic heterocycles. The number of carbonyl (C=O) groups is 2. The van der Waals surface area contributed by atoms with Gasteiger partial charge < -0.3 is 9.80 Å². The molecule has 1 fully saturated rings. The molecule has 8 heteroatoms. The zero-order valence-corrected chi connectivity index (χ0v) is 17.9. The predicted octanol–water partition coefficient (Wildman–Crippen LogP) is 2.13. The Labute approximate surface area is 176 Å². The lowest BCUT2D eigenvalue weighted by Crippen LogP contribution is -2.50. The number of sulfonamides is 1. The smallest absolute Gasteiger partial charge is 0.264 e. The average Bonchev–Trinajstić information content (AvgIpc) is 3.09. The van der Waals surface area contributed by atoms with E-state index in [2.05, 4.69) is 0 Å². The molecule has 2 aliphatic rings. The lowest BCUT2D eigenvalue weighted by molar-refractivity contribution is -0.130. The third-order valence-electron chi connectivity index (χ3n) is 5.79. The molecule has 2 amide bonds. The van der Waals surface area contributed by atoms with Crippen LogP contribution in [0.4, 0.5) is 5.69 Å². The van der Waals surface area contributed by atoms with Crippen molar-refractivity contribution < 1.29 is 18.0 Å². The largest absolute Gasteiger partial charge is 0.339 e. The fourth-order valence-electron chi connectivity index (χ4n) is 4.21. The molecule has 158 valence electrons. The first kappa shape index (κ1) is 20.4. The van der Waals surface area contributed by atoms with E-state index in [0.29, 0.717) is 43.9 Å². The summed E-state index contributed by atoms with van der Waals surface area (Å²) in [6.45, 7) is 5.25. The van der Waals surface area contributed by atoms with Crippen LogP contribution in [0.2, 0.25) is 0 Å². The van der Waals surface area contributed by atoms with Crippen LogP contribution in [0.25, 0.3) is 0 Å². The first-order valence-electron chi connectivity index (χ1n) is 10.1. The molecule has 2 aromatic rings. The van der Waals surface area contributed by atoms with Crippen LogP contribution in [0.1, 0.15) is 29.8 Å². The number of hydrogen-bond acceptors (Lipinski definition) is 4. The summed E-state index contributed by atoms with van der Waals surface area (Å²) in [6, 6.07) is 13.6. The number of amides is 2. The maximum atomic E-state index is 13.4. The van der Waals surface area contributed by atoms with Crippen LogP contribution in [-0.4, -0.2) is 62.3 Å². The molecule has 0 N–H and O–H groups in total. The number of carbonyl (C=O) groups excluding carboxylic acids is 2. The van der Waals surface area contributed by atoms with Gasteiger partial charge >= 0.3 is 0 Å². The van der Waals surface area contributed by atoms with Crippen LogP contribution in [0.3, 0.4) is 0 Å². The van der Waals surface area contributed by atoms with Crippen molar-refractivity contribution in [1.29, 1.82) is 0 Å². The van der Waals surface area contributed by atoms with E-state index in [1.54, 1.807) is 21.9 Å². The van der Waals surface area contributed by atoms with E-state index < -0.39 is 10.0 Å². The van der Waals surface area contributed by atoms with Gasteiger partial charge in [0, 0.05) is 44.7 Å². The van der Waals surface area contributed by atoms with Crippen molar-refractivity contribution in [3.63, 3.8) is 0 Å². The second kappa shape index (κ2) is 7.75. The molecule has 7 nitrogen and oxygen atoms in total. The highest BCUT2D eigenvalue weighted by Gasteiger charge is 2.36. The molecule has 4 rings (SSSR count). The normalized spacial score (nSPS) is 19.0. The van der Waals surface area contributed by atoms with Crippen molar-refractivity contribution in [2.24, 2.45) is 0 Å². The number of benzene rings is 2. The van der Waals surface area contributed by atoms with Gasteiger partial charge in [-0.2, -0.15) is 0 Å². The highest BCUT2D eigenvalue weighted by atomic mass is 32.2. The SMILES string of the molecule is CC(=O)N1CCN(C(=O)c2cccc(S(=O)(=O)N3c4ccccc4CC3C)c2)CC1. The van der Waals surface area contributed by atoms with Crippen LogP contribution in [0.5, 0.6) is 0 Å². The van der Waals surface area contributed by atoms with Crippen LogP contribution < -0.4 is 4.31 Å². The van der Waals surface area contributed by atoms with E-state index >= 15 is 0 Å². The van der Waals surface area contributed by atoms with Crippen molar-refractivity contribution in [2.45, 2.75) is 31.2 Å². The highest BCUT2D eigenvalue weighted by Crippen LogP contribution is 2.36. The standard InChI is InChI=1S/C22H25N3O4S/c1-16-14-18-6-3-4-9-21(18)25(16)30(28,29)20-8-5-7-19(15-20)22(27)24-12-10-23(11-13-24)17(2)26/h3-9,15-16H,10-14H2,1-2H3. The summed E-state index contributed by atoms with van der Waals surface area (Å²) in [5, 5.41) is 0.